The normalized spacial score (nSPS) is 12.2. The summed E-state index contributed by atoms with van der Waals surface area (Å²) in [7, 11) is 1.56. The van der Waals surface area contributed by atoms with Gasteiger partial charge in [-0.2, -0.15) is 0 Å². The summed E-state index contributed by atoms with van der Waals surface area (Å²) in [5.41, 5.74) is 3.97. The number of hydrogen-bond donors (Lipinski definition) is 2. The summed E-state index contributed by atoms with van der Waals surface area (Å²) in [6, 6.07) is 9.20. The molecular formula is C14H13BrClFN2O. The van der Waals surface area contributed by atoms with Crippen LogP contribution in [-0.4, -0.2) is 7.11 Å². The highest BCUT2D eigenvalue weighted by atomic mass is 79.9. The Balaban J connectivity index is 2.55. The van der Waals surface area contributed by atoms with Crippen molar-refractivity contribution in [3.63, 3.8) is 0 Å². The molecule has 2 aromatic rings. The maximum atomic E-state index is 13.4. The second-order valence-corrected chi connectivity index (χ2v) is 5.47. The Labute approximate surface area is 130 Å². The number of hydrogen-bond acceptors (Lipinski definition) is 3. The summed E-state index contributed by atoms with van der Waals surface area (Å²) in [4.78, 5) is 0. The molecule has 0 radical (unpaired) electrons. The molecule has 0 bridgehead atoms. The summed E-state index contributed by atoms with van der Waals surface area (Å²) in [5.74, 6) is 5.87. The van der Waals surface area contributed by atoms with Gasteiger partial charge in [0, 0.05) is 15.1 Å². The minimum Gasteiger partial charge on any atom is -0.496 e. The van der Waals surface area contributed by atoms with E-state index in [-0.39, 0.29) is 5.82 Å². The fourth-order valence-electron chi connectivity index (χ4n) is 2.01. The SMILES string of the molecule is COc1cc(Br)ccc1C(NN)c1cc(F)ccc1Cl. The molecule has 0 aliphatic carbocycles. The van der Waals surface area contributed by atoms with Gasteiger partial charge in [0.15, 0.2) is 0 Å². The lowest BCUT2D eigenvalue weighted by Gasteiger charge is -2.21. The summed E-state index contributed by atoms with van der Waals surface area (Å²) in [6.45, 7) is 0. The van der Waals surface area contributed by atoms with Gasteiger partial charge in [-0.1, -0.05) is 33.6 Å². The predicted octanol–water partition coefficient (Wildman–Crippen LogP) is 3.80. The molecule has 0 amide bonds. The third-order valence-corrected chi connectivity index (χ3v) is 3.78. The Morgan fingerprint density at radius 2 is 2.00 bits per heavy atom. The van der Waals surface area contributed by atoms with E-state index in [1.54, 1.807) is 7.11 Å². The molecule has 3 N–H and O–H groups in total. The van der Waals surface area contributed by atoms with Crippen molar-refractivity contribution in [2.45, 2.75) is 6.04 Å². The molecule has 20 heavy (non-hydrogen) atoms. The Morgan fingerprint density at radius 3 is 2.65 bits per heavy atom. The first kappa shape index (κ1) is 15.3. The molecule has 6 heteroatoms. The lowest BCUT2D eigenvalue weighted by atomic mass is 9.98. The van der Waals surface area contributed by atoms with Crippen molar-refractivity contribution in [3.8, 4) is 5.75 Å². The van der Waals surface area contributed by atoms with E-state index >= 15 is 0 Å². The Hall–Kier alpha value is -1.14. The largest absolute Gasteiger partial charge is 0.496 e. The monoisotopic (exact) mass is 358 g/mol. The van der Waals surface area contributed by atoms with E-state index in [1.165, 1.54) is 18.2 Å². The lowest BCUT2D eigenvalue weighted by molar-refractivity contribution is 0.404. The average molecular weight is 360 g/mol. The zero-order valence-corrected chi connectivity index (χ0v) is 13.0. The van der Waals surface area contributed by atoms with Gasteiger partial charge in [0.25, 0.3) is 0 Å². The van der Waals surface area contributed by atoms with Crippen LogP contribution in [0.1, 0.15) is 17.2 Å². The third kappa shape index (κ3) is 3.12. The molecule has 2 rings (SSSR count). The zero-order valence-electron chi connectivity index (χ0n) is 10.7. The highest BCUT2D eigenvalue weighted by Gasteiger charge is 2.20. The fraction of sp³-hybridized carbons (Fsp3) is 0.143. The number of nitrogens with one attached hydrogen (secondary N) is 1. The smallest absolute Gasteiger partial charge is 0.125 e. The van der Waals surface area contributed by atoms with E-state index in [0.717, 1.165) is 10.0 Å². The van der Waals surface area contributed by atoms with Crippen LogP contribution >= 0.6 is 27.5 Å². The van der Waals surface area contributed by atoms with Crippen molar-refractivity contribution < 1.29 is 9.13 Å². The minimum absolute atomic E-state index is 0.374. The minimum atomic E-state index is -0.471. The first-order chi connectivity index (χ1) is 9.56. The highest BCUT2D eigenvalue weighted by molar-refractivity contribution is 9.10. The molecular weight excluding hydrogens is 347 g/mol. The van der Waals surface area contributed by atoms with E-state index in [9.17, 15) is 4.39 Å². The molecule has 2 aromatic carbocycles. The van der Waals surface area contributed by atoms with Gasteiger partial charge in [-0.25, -0.2) is 9.82 Å². The van der Waals surface area contributed by atoms with Crippen molar-refractivity contribution in [2.75, 3.05) is 7.11 Å². The molecule has 0 aliphatic rings. The number of nitrogens with two attached hydrogens (primary N) is 1. The van der Waals surface area contributed by atoms with Gasteiger partial charge < -0.3 is 4.74 Å². The number of rotatable bonds is 4. The molecule has 0 saturated heterocycles. The number of hydrazine groups is 1. The van der Waals surface area contributed by atoms with Crippen molar-refractivity contribution >= 4 is 27.5 Å². The van der Waals surface area contributed by atoms with Crippen LogP contribution in [0.3, 0.4) is 0 Å². The van der Waals surface area contributed by atoms with Gasteiger partial charge in [0.2, 0.25) is 0 Å². The fourth-order valence-corrected chi connectivity index (χ4v) is 2.57. The van der Waals surface area contributed by atoms with Crippen LogP contribution in [0.2, 0.25) is 5.02 Å². The Bertz CT molecular complexity index is 624. The second kappa shape index (κ2) is 6.54. The van der Waals surface area contributed by atoms with Gasteiger partial charge in [0.05, 0.1) is 13.2 Å². The average Bonchev–Trinajstić information content (AvgIpc) is 2.44. The third-order valence-electron chi connectivity index (χ3n) is 2.94. The maximum absolute atomic E-state index is 13.4. The summed E-state index contributed by atoms with van der Waals surface area (Å²) in [5, 5.41) is 0.430. The Kier molecular flexibility index (Phi) is 4.99. The van der Waals surface area contributed by atoms with Crippen molar-refractivity contribution in [3.05, 3.63) is 62.8 Å². The molecule has 0 spiro atoms. The maximum Gasteiger partial charge on any atom is 0.125 e. The molecule has 0 aromatic heterocycles. The van der Waals surface area contributed by atoms with E-state index in [4.69, 9.17) is 22.2 Å². The first-order valence-corrected chi connectivity index (χ1v) is 6.98. The number of halogens is 3. The van der Waals surface area contributed by atoms with Crippen molar-refractivity contribution in [2.24, 2.45) is 5.84 Å². The van der Waals surface area contributed by atoms with E-state index in [1.807, 2.05) is 18.2 Å². The number of ether oxygens (including phenoxy) is 1. The van der Waals surface area contributed by atoms with Crippen molar-refractivity contribution in [1.29, 1.82) is 0 Å². The molecule has 0 fully saturated rings. The predicted molar refractivity (Wildman–Crippen MR) is 81.3 cm³/mol. The van der Waals surface area contributed by atoms with E-state index in [2.05, 4.69) is 21.4 Å². The van der Waals surface area contributed by atoms with Crippen LogP contribution in [0.5, 0.6) is 5.75 Å². The topological polar surface area (TPSA) is 47.3 Å². The molecule has 3 nitrogen and oxygen atoms in total. The quantitative estimate of drug-likeness (QED) is 0.645. The summed E-state index contributed by atoms with van der Waals surface area (Å²) in [6.07, 6.45) is 0. The number of benzene rings is 2. The molecule has 106 valence electrons. The van der Waals surface area contributed by atoms with Gasteiger partial charge in [-0.15, -0.1) is 0 Å². The molecule has 0 saturated carbocycles. The van der Waals surface area contributed by atoms with Crippen LogP contribution in [0, 0.1) is 5.82 Å². The van der Waals surface area contributed by atoms with Gasteiger partial charge in [-0.05, 0) is 35.9 Å². The van der Waals surface area contributed by atoms with Crippen LogP contribution < -0.4 is 16.0 Å². The van der Waals surface area contributed by atoms with Crippen LogP contribution in [0.15, 0.2) is 40.9 Å². The molecule has 0 aliphatic heterocycles. The summed E-state index contributed by atoms with van der Waals surface area (Å²) < 4.78 is 19.7. The molecule has 1 atom stereocenters. The first-order valence-electron chi connectivity index (χ1n) is 5.81. The van der Waals surface area contributed by atoms with Crippen LogP contribution in [0.4, 0.5) is 4.39 Å². The summed E-state index contributed by atoms with van der Waals surface area (Å²) >= 11 is 9.51. The van der Waals surface area contributed by atoms with Crippen LogP contribution in [-0.2, 0) is 0 Å². The van der Waals surface area contributed by atoms with Gasteiger partial charge in [-0.3, -0.25) is 5.84 Å². The zero-order chi connectivity index (χ0) is 14.7. The van der Waals surface area contributed by atoms with Crippen molar-refractivity contribution in [1.82, 2.24) is 5.43 Å². The number of methoxy groups -OCH3 is 1. The van der Waals surface area contributed by atoms with E-state index < -0.39 is 6.04 Å². The standard InChI is InChI=1S/C14H13BrClFN2O/c1-20-13-6-8(15)2-4-10(13)14(19-18)11-7-9(17)3-5-12(11)16/h2-7,14,19H,18H2,1H3. The van der Waals surface area contributed by atoms with Crippen LogP contribution in [0.25, 0.3) is 0 Å². The van der Waals surface area contributed by atoms with Gasteiger partial charge >= 0.3 is 0 Å². The molecule has 0 heterocycles. The Morgan fingerprint density at radius 1 is 1.25 bits per heavy atom. The molecule has 1 unspecified atom stereocenters. The van der Waals surface area contributed by atoms with Gasteiger partial charge in [0.1, 0.15) is 11.6 Å². The highest BCUT2D eigenvalue weighted by Crippen LogP contribution is 2.35. The second-order valence-electron chi connectivity index (χ2n) is 4.15. The lowest BCUT2D eigenvalue weighted by Crippen LogP contribution is -2.29. The van der Waals surface area contributed by atoms with E-state index in [0.29, 0.717) is 16.3 Å².